The van der Waals surface area contributed by atoms with Crippen LogP contribution in [-0.2, 0) is 11.3 Å². The van der Waals surface area contributed by atoms with Crippen LogP contribution in [0.2, 0.25) is 0 Å². The third kappa shape index (κ3) is 3.86. The van der Waals surface area contributed by atoms with E-state index in [1.807, 2.05) is 30.3 Å². The summed E-state index contributed by atoms with van der Waals surface area (Å²) in [6.45, 7) is 1.14. The number of hydrogen-bond donors (Lipinski definition) is 1. The topological polar surface area (TPSA) is 88.7 Å². The molecule has 7 nitrogen and oxygen atoms in total. The van der Waals surface area contributed by atoms with Crippen molar-refractivity contribution in [1.82, 2.24) is 15.0 Å². The number of benzene rings is 2. The number of phenols is 1. The molecule has 30 heavy (non-hydrogen) atoms. The Morgan fingerprint density at radius 1 is 1.23 bits per heavy atom. The van der Waals surface area contributed by atoms with Gasteiger partial charge in [-0.2, -0.15) is 9.37 Å². The summed E-state index contributed by atoms with van der Waals surface area (Å²) in [4.78, 5) is 17.8. The molecule has 1 amide bonds. The highest BCUT2D eigenvalue weighted by Gasteiger charge is 2.31. The van der Waals surface area contributed by atoms with Crippen molar-refractivity contribution in [2.75, 3.05) is 13.1 Å². The third-order valence-electron chi connectivity index (χ3n) is 4.74. The minimum absolute atomic E-state index is 0.166. The molecule has 0 radical (unpaired) electrons. The lowest BCUT2D eigenvalue weighted by Crippen LogP contribution is -2.31. The number of nitrogens with zero attached hydrogens (tertiary/aromatic N) is 3. The zero-order valence-corrected chi connectivity index (χ0v) is 15.5. The normalized spacial score (nSPS) is 16.2. The summed E-state index contributed by atoms with van der Waals surface area (Å²) in [5.74, 6) is -7.68. The van der Waals surface area contributed by atoms with Gasteiger partial charge in [-0.05, 0) is 18.1 Å². The first-order chi connectivity index (χ1) is 14.4. The summed E-state index contributed by atoms with van der Waals surface area (Å²) in [6.07, 6.45) is 0.454. The molecule has 4 rings (SSSR count). The van der Waals surface area contributed by atoms with Crippen LogP contribution in [0.25, 0.3) is 11.5 Å². The quantitative estimate of drug-likeness (QED) is 0.639. The number of carbonyl (C=O) groups is 1. The predicted octanol–water partition coefficient (Wildman–Crippen LogP) is 3.29. The predicted molar refractivity (Wildman–Crippen MR) is 96.8 cm³/mol. The monoisotopic (exact) mass is 419 g/mol. The molecular formula is C20H16F3N3O4. The zero-order chi connectivity index (χ0) is 21.3. The molecule has 0 saturated carbocycles. The Labute approximate surface area is 168 Å². The fraction of sp³-hybridized carbons (Fsp3) is 0.250. The highest BCUT2D eigenvalue weighted by molar-refractivity contribution is 5.91. The average Bonchev–Trinajstić information content (AvgIpc) is 3.43. The Morgan fingerprint density at radius 3 is 2.77 bits per heavy atom. The molecular weight excluding hydrogens is 403 g/mol. The van der Waals surface area contributed by atoms with Crippen molar-refractivity contribution < 1.29 is 32.3 Å². The molecule has 1 N–H and O–H groups in total. The van der Waals surface area contributed by atoms with E-state index < -0.39 is 40.6 Å². The second-order valence-corrected chi connectivity index (χ2v) is 6.76. The molecule has 2 aromatic carbocycles. The Hall–Kier alpha value is -3.40. The number of hydrogen-bond acceptors (Lipinski definition) is 6. The van der Waals surface area contributed by atoms with Crippen molar-refractivity contribution in [3.63, 3.8) is 0 Å². The zero-order valence-electron chi connectivity index (χ0n) is 15.5. The van der Waals surface area contributed by atoms with E-state index in [1.165, 1.54) is 4.90 Å². The van der Waals surface area contributed by atoms with Crippen LogP contribution in [0.1, 0.15) is 22.6 Å². The van der Waals surface area contributed by atoms with E-state index in [0.717, 1.165) is 5.56 Å². The summed E-state index contributed by atoms with van der Waals surface area (Å²) >= 11 is 0. The number of aromatic nitrogens is 2. The molecule has 1 aliphatic rings. The molecule has 3 aromatic rings. The molecule has 1 unspecified atom stereocenters. The second-order valence-electron chi connectivity index (χ2n) is 6.76. The summed E-state index contributed by atoms with van der Waals surface area (Å²) in [7, 11) is 0. The van der Waals surface area contributed by atoms with Crippen molar-refractivity contribution in [2.45, 2.75) is 19.1 Å². The third-order valence-corrected chi connectivity index (χ3v) is 4.74. The lowest BCUT2D eigenvalue weighted by molar-refractivity contribution is 0.0434. The van der Waals surface area contributed by atoms with Gasteiger partial charge in [0.2, 0.25) is 5.82 Å². The van der Waals surface area contributed by atoms with E-state index in [0.29, 0.717) is 32.2 Å². The largest absolute Gasteiger partial charge is 0.503 e. The van der Waals surface area contributed by atoms with Crippen LogP contribution in [0.15, 0.2) is 40.9 Å². The van der Waals surface area contributed by atoms with Gasteiger partial charge in [0.25, 0.3) is 17.6 Å². The standard InChI is InChI=1S/C20H16F3N3O4/c21-14-8-13(15(22)17(27)16(14)23)19-24-18(25-30-19)20(28)26-7-6-12(9-26)29-10-11-4-2-1-3-5-11/h1-5,8,12,27H,6-7,9-10H2. The number of carbonyl (C=O) groups excluding carboxylic acids is 1. The summed E-state index contributed by atoms with van der Waals surface area (Å²) < 4.78 is 51.4. The van der Waals surface area contributed by atoms with Crippen LogP contribution >= 0.6 is 0 Å². The van der Waals surface area contributed by atoms with Gasteiger partial charge in [-0.1, -0.05) is 35.5 Å². The smallest absolute Gasteiger partial charge is 0.295 e. The minimum atomic E-state index is -1.73. The fourth-order valence-corrected chi connectivity index (χ4v) is 3.14. The van der Waals surface area contributed by atoms with Gasteiger partial charge in [0.05, 0.1) is 18.3 Å². The number of phenolic OH excluding ortho intramolecular Hbond substituents is 1. The molecule has 0 aliphatic carbocycles. The summed E-state index contributed by atoms with van der Waals surface area (Å²) in [5.41, 5.74) is 0.366. The van der Waals surface area contributed by atoms with Gasteiger partial charge < -0.3 is 19.3 Å². The first-order valence-corrected chi connectivity index (χ1v) is 9.09. The van der Waals surface area contributed by atoms with Gasteiger partial charge in [0, 0.05) is 13.1 Å². The van der Waals surface area contributed by atoms with Gasteiger partial charge in [0.15, 0.2) is 17.4 Å². The highest BCUT2D eigenvalue weighted by Crippen LogP contribution is 2.31. The highest BCUT2D eigenvalue weighted by atomic mass is 19.2. The van der Waals surface area contributed by atoms with Crippen LogP contribution in [0, 0.1) is 17.5 Å². The van der Waals surface area contributed by atoms with E-state index in [1.54, 1.807) is 0 Å². The number of aromatic hydroxyl groups is 1. The van der Waals surface area contributed by atoms with Crippen LogP contribution in [0.5, 0.6) is 5.75 Å². The number of likely N-dealkylation sites (tertiary alicyclic amines) is 1. The minimum Gasteiger partial charge on any atom is -0.503 e. The van der Waals surface area contributed by atoms with Gasteiger partial charge in [-0.3, -0.25) is 4.79 Å². The number of ether oxygens (including phenoxy) is 1. The lowest BCUT2D eigenvalue weighted by atomic mass is 10.2. The van der Waals surface area contributed by atoms with E-state index in [4.69, 9.17) is 9.26 Å². The average molecular weight is 419 g/mol. The van der Waals surface area contributed by atoms with Crippen LogP contribution < -0.4 is 0 Å². The molecule has 156 valence electrons. The Balaban J connectivity index is 1.43. The van der Waals surface area contributed by atoms with Gasteiger partial charge in [-0.25, -0.2) is 8.78 Å². The van der Waals surface area contributed by atoms with Crippen LogP contribution in [-0.4, -0.2) is 45.2 Å². The van der Waals surface area contributed by atoms with E-state index in [2.05, 4.69) is 10.1 Å². The lowest BCUT2D eigenvalue weighted by Gasteiger charge is -2.14. The molecule has 2 heterocycles. The molecule has 1 saturated heterocycles. The molecule has 10 heteroatoms. The van der Waals surface area contributed by atoms with Crippen molar-refractivity contribution in [3.05, 3.63) is 65.2 Å². The molecule has 0 bridgehead atoms. The molecule has 0 spiro atoms. The van der Waals surface area contributed by atoms with Gasteiger partial charge >= 0.3 is 0 Å². The van der Waals surface area contributed by atoms with E-state index in [9.17, 15) is 23.1 Å². The van der Waals surface area contributed by atoms with E-state index >= 15 is 0 Å². The first-order valence-electron chi connectivity index (χ1n) is 9.09. The van der Waals surface area contributed by atoms with Crippen LogP contribution in [0.4, 0.5) is 13.2 Å². The van der Waals surface area contributed by atoms with E-state index in [-0.39, 0.29) is 11.9 Å². The van der Waals surface area contributed by atoms with Crippen molar-refractivity contribution in [2.24, 2.45) is 0 Å². The Morgan fingerprint density at radius 2 is 2.00 bits per heavy atom. The number of amides is 1. The maximum Gasteiger partial charge on any atom is 0.295 e. The SMILES string of the molecule is O=C(c1noc(-c2cc(F)c(F)c(O)c2F)n1)N1CCC(OCc2ccccc2)C1. The van der Waals surface area contributed by atoms with Crippen molar-refractivity contribution >= 4 is 5.91 Å². The summed E-state index contributed by atoms with van der Waals surface area (Å²) in [6, 6.07) is 10.1. The molecule has 1 aliphatic heterocycles. The van der Waals surface area contributed by atoms with Gasteiger partial charge in [-0.15, -0.1) is 0 Å². The molecule has 1 aromatic heterocycles. The molecule has 1 atom stereocenters. The van der Waals surface area contributed by atoms with Gasteiger partial charge in [0.1, 0.15) is 0 Å². The Kier molecular flexibility index (Phi) is 5.40. The second kappa shape index (κ2) is 8.15. The maximum absolute atomic E-state index is 14.0. The van der Waals surface area contributed by atoms with Crippen molar-refractivity contribution in [3.8, 4) is 17.2 Å². The molecule has 1 fully saturated rings. The maximum atomic E-state index is 14.0. The van der Waals surface area contributed by atoms with Crippen molar-refractivity contribution in [1.29, 1.82) is 0 Å². The summed E-state index contributed by atoms with van der Waals surface area (Å²) in [5, 5.41) is 12.8. The first kappa shape index (κ1) is 19.9. The van der Waals surface area contributed by atoms with Crippen LogP contribution in [0.3, 0.4) is 0 Å². The fourth-order valence-electron chi connectivity index (χ4n) is 3.14. The Bertz CT molecular complexity index is 1070. The number of halogens is 3. The number of rotatable bonds is 5.